The van der Waals surface area contributed by atoms with Gasteiger partial charge in [-0.1, -0.05) is 24.3 Å². The second kappa shape index (κ2) is 8.47. The molecule has 0 radical (unpaired) electrons. The standard InChI is InChI=1S/C19H16N4O7/c24-17-6-3-7-18(25)21(17)20(12-13-8-10-14(11-9-13)22(27)28)19(26)15-4-1-2-5-16(15)23(29)30/h1-2,4-5,8-11H,3,6-7,12H2. The molecule has 0 N–H and O–H groups in total. The SMILES string of the molecule is O=C(c1ccccc1[N+](=O)[O-])N(Cc1ccc([N+](=O)[O-])cc1)N1C(=O)CCCC1=O. The Hall–Kier alpha value is -4.15. The van der Waals surface area contributed by atoms with Crippen molar-refractivity contribution in [2.75, 3.05) is 0 Å². The number of nitrogens with zero attached hydrogens (tertiary/aromatic N) is 4. The zero-order valence-electron chi connectivity index (χ0n) is 15.6. The van der Waals surface area contributed by atoms with Gasteiger partial charge >= 0.3 is 0 Å². The summed E-state index contributed by atoms with van der Waals surface area (Å²) in [4.78, 5) is 58.9. The van der Waals surface area contributed by atoms with Gasteiger partial charge in [0.15, 0.2) is 0 Å². The van der Waals surface area contributed by atoms with Crippen molar-refractivity contribution >= 4 is 29.1 Å². The number of hydrogen-bond donors (Lipinski definition) is 0. The number of nitro groups is 2. The van der Waals surface area contributed by atoms with Crippen molar-refractivity contribution in [3.05, 3.63) is 79.9 Å². The summed E-state index contributed by atoms with van der Waals surface area (Å²) in [6.45, 7) is -0.277. The molecule has 3 amide bonds. The Morgan fingerprint density at radius 1 is 0.933 bits per heavy atom. The lowest BCUT2D eigenvalue weighted by Gasteiger charge is -2.35. The number of nitro benzene ring substituents is 2. The number of non-ortho nitro benzene ring substituents is 1. The highest BCUT2D eigenvalue weighted by Crippen LogP contribution is 2.25. The fourth-order valence-electron chi connectivity index (χ4n) is 3.09. The molecule has 0 atom stereocenters. The molecule has 2 aromatic rings. The Labute approximate surface area is 169 Å². The van der Waals surface area contributed by atoms with Gasteiger partial charge in [0, 0.05) is 31.0 Å². The monoisotopic (exact) mass is 412 g/mol. The molecule has 0 bridgehead atoms. The maximum Gasteiger partial charge on any atom is 0.282 e. The minimum Gasteiger partial charge on any atom is -0.273 e. The predicted molar refractivity (Wildman–Crippen MR) is 102 cm³/mol. The van der Waals surface area contributed by atoms with Gasteiger partial charge in [-0.25, -0.2) is 5.01 Å². The summed E-state index contributed by atoms with van der Waals surface area (Å²) in [5.74, 6) is -2.09. The molecule has 2 aromatic carbocycles. The van der Waals surface area contributed by atoms with E-state index in [1.807, 2.05) is 0 Å². The number of piperidine rings is 1. The molecular weight excluding hydrogens is 396 g/mol. The average Bonchev–Trinajstić information content (AvgIpc) is 2.72. The zero-order valence-corrected chi connectivity index (χ0v) is 15.6. The van der Waals surface area contributed by atoms with Gasteiger partial charge in [-0.15, -0.1) is 0 Å². The van der Waals surface area contributed by atoms with Gasteiger partial charge in [-0.05, 0) is 18.1 Å². The van der Waals surface area contributed by atoms with E-state index in [-0.39, 0.29) is 30.6 Å². The second-order valence-electron chi connectivity index (χ2n) is 6.51. The Morgan fingerprint density at radius 3 is 2.10 bits per heavy atom. The van der Waals surface area contributed by atoms with E-state index in [2.05, 4.69) is 0 Å². The summed E-state index contributed by atoms with van der Waals surface area (Å²) >= 11 is 0. The third-order valence-corrected chi connectivity index (χ3v) is 4.54. The quantitative estimate of drug-likeness (QED) is 0.403. The van der Waals surface area contributed by atoms with Gasteiger partial charge in [-0.3, -0.25) is 34.6 Å². The molecule has 1 aliphatic heterocycles. The molecular formula is C19H16N4O7. The van der Waals surface area contributed by atoms with E-state index >= 15 is 0 Å². The molecule has 1 saturated heterocycles. The van der Waals surface area contributed by atoms with Crippen LogP contribution in [0.2, 0.25) is 0 Å². The number of hydrogen-bond acceptors (Lipinski definition) is 7. The van der Waals surface area contributed by atoms with Crippen molar-refractivity contribution in [3.8, 4) is 0 Å². The molecule has 30 heavy (non-hydrogen) atoms. The van der Waals surface area contributed by atoms with Crippen LogP contribution in [0, 0.1) is 20.2 Å². The average molecular weight is 412 g/mol. The normalized spacial score (nSPS) is 13.8. The Balaban J connectivity index is 2.02. The smallest absolute Gasteiger partial charge is 0.273 e. The predicted octanol–water partition coefficient (Wildman–Crippen LogP) is 2.60. The first-order valence-electron chi connectivity index (χ1n) is 8.94. The van der Waals surface area contributed by atoms with Crippen LogP contribution in [0.1, 0.15) is 35.2 Å². The topological polar surface area (TPSA) is 144 Å². The number of carbonyl (C=O) groups excluding carboxylic acids is 3. The molecule has 154 valence electrons. The molecule has 0 unspecified atom stereocenters. The van der Waals surface area contributed by atoms with Gasteiger partial charge in [0.1, 0.15) is 5.56 Å². The van der Waals surface area contributed by atoms with Crippen LogP contribution < -0.4 is 0 Å². The highest BCUT2D eigenvalue weighted by Gasteiger charge is 2.36. The molecule has 1 aliphatic rings. The Morgan fingerprint density at radius 2 is 1.53 bits per heavy atom. The van der Waals surface area contributed by atoms with Crippen molar-refractivity contribution in [1.29, 1.82) is 0 Å². The number of benzene rings is 2. The van der Waals surface area contributed by atoms with Crippen molar-refractivity contribution < 1.29 is 24.2 Å². The van der Waals surface area contributed by atoms with Crippen LogP contribution in [-0.2, 0) is 16.1 Å². The first kappa shape index (κ1) is 20.6. The number of imide groups is 1. The van der Waals surface area contributed by atoms with Crippen LogP contribution >= 0.6 is 0 Å². The summed E-state index contributed by atoms with van der Waals surface area (Å²) in [6, 6.07) is 10.4. The largest absolute Gasteiger partial charge is 0.282 e. The van der Waals surface area contributed by atoms with Crippen LogP contribution in [0.15, 0.2) is 48.5 Å². The van der Waals surface area contributed by atoms with Crippen LogP contribution in [-0.4, -0.2) is 37.6 Å². The van der Waals surface area contributed by atoms with E-state index in [0.29, 0.717) is 17.0 Å². The summed E-state index contributed by atoms with van der Waals surface area (Å²) in [5, 5.41) is 23.7. The van der Waals surface area contributed by atoms with Crippen molar-refractivity contribution in [2.45, 2.75) is 25.8 Å². The van der Waals surface area contributed by atoms with E-state index in [1.165, 1.54) is 42.5 Å². The molecule has 11 heteroatoms. The molecule has 1 heterocycles. The summed E-state index contributed by atoms with van der Waals surface area (Å²) in [6.07, 6.45) is 0.443. The van der Waals surface area contributed by atoms with Crippen molar-refractivity contribution in [2.24, 2.45) is 0 Å². The maximum absolute atomic E-state index is 13.2. The lowest BCUT2D eigenvalue weighted by atomic mass is 10.1. The van der Waals surface area contributed by atoms with Gasteiger partial charge < -0.3 is 0 Å². The van der Waals surface area contributed by atoms with E-state index in [9.17, 15) is 34.6 Å². The number of hydrazine groups is 1. The molecule has 1 fully saturated rings. The van der Waals surface area contributed by atoms with Crippen molar-refractivity contribution in [1.82, 2.24) is 10.0 Å². The number of rotatable bonds is 6. The van der Waals surface area contributed by atoms with E-state index in [1.54, 1.807) is 0 Å². The fraction of sp³-hybridized carbons (Fsp3) is 0.211. The van der Waals surface area contributed by atoms with Gasteiger partial charge in [0.2, 0.25) is 11.8 Å². The minimum absolute atomic E-state index is 0.0483. The van der Waals surface area contributed by atoms with Gasteiger partial charge in [0.25, 0.3) is 17.3 Å². The lowest BCUT2D eigenvalue weighted by Crippen LogP contribution is -2.54. The van der Waals surface area contributed by atoms with E-state index in [0.717, 1.165) is 11.1 Å². The minimum atomic E-state index is -0.899. The Kier molecular flexibility index (Phi) is 5.81. The van der Waals surface area contributed by atoms with Crippen LogP contribution in [0.3, 0.4) is 0 Å². The number of carbonyl (C=O) groups is 3. The zero-order chi connectivity index (χ0) is 21.8. The second-order valence-corrected chi connectivity index (χ2v) is 6.51. The molecule has 0 saturated carbocycles. The molecule has 0 aliphatic carbocycles. The van der Waals surface area contributed by atoms with E-state index in [4.69, 9.17) is 0 Å². The number of amides is 3. The van der Waals surface area contributed by atoms with Crippen LogP contribution in [0.25, 0.3) is 0 Å². The molecule has 11 nitrogen and oxygen atoms in total. The Bertz CT molecular complexity index is 1020. The summed E-state index contributed by atoms with van der Waals surface area (Å²) in [7, 11) is 0. The maximum atomic E-state index is 13.2. The molecule has 3 rings (SSSR count). The lowest BCUT2D eigenvalue weighted by molar-refractivity contribution is -0.385. The number of para-hydroxylation sites is 1. The van der Waals surface area contributed by atoms with E-state index < -0.39 is 33.3 Å². The molecule has 0 spiro atoms. The fourth-order valence-corrected chi connectivity index (χ4v) is 3.09. The van der Waals surface area contributed by atoms with Crippen LogP contribution in [0.5, 0.6) is 0 Å². The van der Waals surface area contributed by atoms with Crippen LogP contribution in [0.4, 0.5) is 11.4 Å². The third kappa shape index (κ3) is 4.14. The van der Waals surface area contributed by atoms with Gasteiger partial charge in [-0.2, -0.15) is 5.01 Å². The van der Waals surface area contributed by atoms with Crippen molar-refractivity contribution in [3.63, 3.8) is 0 Å². The third-order valence-electron chi connectivity index (χ3n) is 4.54. The summed E-state index contributed by atoms with van der Waals surface area (Å²) in [5.41, 5.74) is -0.511. The first-order valence-corrected chi connectivity index (χ1v) is 8.94. The highest BCUT2D eigenvalue weighted by molar-refractivity contribution is 6.04. The highest BCUT2D eigenvalue weighted by atomic mass is 16.6. The molecule has 0 aromatic heterocycles. The first-order chi connectivity index (χ1) is 14.3. The summed E-state index contributed by atoms with van der Waals surface area (Å²) < 4.78 is 0. The van der Waals surface area contributed by atoms with Gasteiger partial charge in [0.05, 0.1) is 16.4 Å².